The fourth-order valence-electron chi connectivity index (χ4n) is 4.98. The summed E-state index contributed by atoms with van der Waals surface area (Å²) < 4.78 is 52.3. The Morgan fingerprint density at radius 3 is 2.16 bits per heavy atom. The molecule has 2 atom stereocenters. The lowest BCUT2D eigenvalue weighted by atomic mass is 9.72. The first-order valence-corrected chi connectivity index (χ1v) is 12.9. The van der Waals surface area contributed by atoms with Gasteiger partial charge in [0.15, 0.2) is 0 Å². The Kier molecular flexibility index (Phi) is 8.65. The molecule has 3 aromatic rings. The lowest BCUT2D eigenvalue weighted by Crippen LogP contribution is -2.32. The van der Waals surface area contributed by atoms with Gasteiger partial charge >= 0.3 is 6.18 Å². The second-order valence-corrected chi connectivity index (χ2v) is 10.1. The summed E-state index contributed by atoms with van der Waals surface area (Å²) in [6, 6.07) is 17.7. The SMILES string of the molecule is Cc1ccc(F)cc1C(C1CCC1)C(F)(F)F.OC[C@@H](O)c1cccc(-c2ccc(C3CCC3)cc2)n1. The zero-order chi connectivity index (χ0) is 26.6. The van der Waals surface area contributed by atoms with Crippen molar-refractivity contribution < 1.29 is 27.8 Å². The van der Waals surface area contributed by atoms with Gasteiger partial charge in [-0.1, -0.05) is 49.2 Å². The molecule has 0 aliphatic heterocycles. The predicted octanol–water partition coefficient (Wildman–Crippen LogP) is 7.62. The van der Waals surface area contributed by atoms with Gasteiger partial charge in [0.2, 0.25) is 0 Å². The van der Waals surface area contributed by atoms with Crippen molar-refractivity contribution in [3.8, 4) is 11.3 Å². The van der Waals surface area contributed by atoms with Gasteiger partial charge in [-0.3, -0.25) is 0 Å². The van der Waals surface area contributed by atoms with Gasteiger partial charge in [-0.2, -0.15) is 13.2 Å². The van der Waals surface area contributed by atoms with Crippen LogP contribution in [0.3, 0.4) is 0 Å². The fourth-order valence-corrected chi connectivity index (χ4v) is 4.98. The minimum Gasteiger partial charge on any atom is -0.393 e. The van der Waals surface area contributed by atoms with Crippen LogP contribution in [-0.2, 0) is 0 Å². The number of alkyl halides is 3. The van der Waals surface area contributed by atoms with Crippen molar-refractivity contribution in [1.82, 2.24) is 4.98 Å². The smallest absolute Gasteiger partial charge is 0.393 e. The monoisotopic (exact) mass is 515 g/mol. The van der Waals surface area contributed by atoms with Crippen LogP contribution in [0.1, 0.15) is 78.8 Å². The van der Waals surface area contributed by atoms with E-state index in [0.717, 1.165) is 29.7 Å². The Balaban J connectivity index is 0.000000176. The number of halogens is 4. The van der Waals surface area contributed by atoms with Crippen LogP contribution in [-0.4, -0.2) is 28.0 Å². The first-order valence-electron chi connectivity index (χ1n) is 12.9. The molecule has 0 amide bonds. The van der Waals surface area contributed by atoms with Gasteiger partial charge in [0.05, 0.1) is 23.9 Å². The van der Waals surface area contributed by atoms with Crippen LogP contribution in [0.2, 0.25) is 0 Å². The summed E-state index contributed by atoms with van der Waals surface area (Å²) in [4.78, 5) is 4.41. The molecule has 1 heterocycles. The number of aliphatic hydroxyl groups is 2. The minimum absolute atomic E-state index is 0.0993. The highest BCUT2D eigenvalue weighted by atomic mass is 19.4. The van der Waals surface area contributed by atoms with Crippen LogP contribution < -0.4 is 0 Å². The molecule has 198 valence electrons. The number of aliphatic hydroxyl groups excluding tert-OH is 2. The molecule has 2 aromatic carbocycles. The number of hydrogen-bond acceptors (Lipinski definition) is 3. The highest BCUT2D eigenvalue weighted by Gasteiger charge is 2.47. The molecule has 5 rings (SSSR count). The van der Waals surface area contributed by atoms with Gasteiger partial charge in [0, 0.05) is 5.56 Å². The Morgan fingerprint density at radius 1 is 0.946 bits per heavy atom. The second kappa shape index (κ2) is 11.7. The minimum atomic E-state index is -4.29. The quantitative estimate of drug-likeness (QED) is 0.332. The number of hydrogen-bond donors (Lipinski definition) is 2. The Bertz CT molecular complexity index is 1170. The summed E-state index contributed by atoms with van der Waals surface area (Å²) in [5.74, 6) is -1.75. The number of pyridine rings is 1. The molecule has 37 heavy (non-hydrogen) atoms. The highest BCUT2D eigenvalue weighted by Crippen LogP contribution is 2.49. The third-order valence-corrected chi connectivity index (χ3v) is 7.62. The van der Waals surface area contributed by atoms with Crippen LogP contribution in [0.5, 0.6) is 0 Å². The molecule has 2 aliphatic carbocycles. The molecule has 2 fully saturated rings. The zero-order valence-electron chi connectivity index (χ0n) is 20.9. The molecule has 0 radical (unpaired) electrons. The molecular weight excluding hydrogens is 482 g/mol. The van der Waals surface area contributed by atoms with Crippen molar-refractivity contribution in [1.29, 1.82) is 0 Å². The lowest BCUT2D eigenvalue weighted by molar-refractivity contribution is -0.168. The standard InChI is InChI=1S/C17H19NO2.C13H14F4/c19-11-17(20)16-6-2-5-15(18-16)14-9-7-13(8-10-14)12-3-1-4-12;1-8-5-6-10(14)7-11(8)12(13(15,16)17)9-3-2-4-9/h2,5-10,12,17,19-20H,1,3-4,11H2;5-7,9,12H,2-4H2,1H3/t17-;/m1./s1. The number of rotatable bonds is 6. The molecule has 0 bridgehead atoms. The lowest BCUT2D eigenvalue weighted by Gasteiger charge is -2.36. The van der Waals surface area contributed by atoms with E-state index in [2.05, 4.69) is 29.2 Å². The van der Waals surface area contributed by atoms with Crippen LogP contribution in [0.25, 0.3) is 11.3 Å². The summed E-state index contributed by atoms with van der Waals surface area (Å²) in [5.41, 5.74) is 4.40. The van der Waals surface area contributed by atoms with E-state index in [0.29, 0.717) is 24.1 Å². The van der Waals surface area contributed by atoms with Crippen molar-refractivity contribution in [2.45, 2.75) is 69.6 Å². The summed E-state index contributed by atoms with van der Waals surface area (Å²) in [6.45, 7) is 1.29. The van der Waals surface area contributed by atoms with Crippen molar-refractivity contribution >= 4 is 0 Å². The van der Waals surface area contributed by atoms with E-state index in [1.807, 2.05) is 12.1 Å². The third kappa shape index (κ3) is 6.57. The van der Waals surface area contributed by atoms with Crippen LogP contribution in [0.4, 0.5) is 17.6 Å². The van der Waals surface area contributed by atoms with Gasteiger partial charge in [0.25, 0.3) is 0 Å². The van der Waals surface area contributed by atoms with E-state index in [1.165, 1.54) is 37.0 Å². The average molecular weight is 516 g/mol. The van der Waals surface area contributed by atoms with Gasteiger partial charge in [0.1, 0.15) is 11.9 Å². The van der Waals surface area contributed by atoms with Crippen molar-refractivity contribution in [3.63, 3.8) is 0 Å². The summed E-state index contributed by atoms with van der Waals surface area (Å²) >= 11 is 0. The van der Waals surface area contributed by atoms with E-state index in [9.17, 15) is 22.7 Å². The van der Waals surface area contributed by atoms with Crippen LogP contribution in [0.15, 0.2) is 60.7 Å². The molecule has 1 unspecified atom stereocenters. The van der Waals surface area contributed by atoms with E-state index < -0.39 is 24.0 Å². The maximum absolute atomic E-state index is 13.1. The molecule has 1 aromatic heterocycles. The van der Waals surface area contributed by atoms with E-state index in [4.69, 9.17) is 5.11 Å². The molecule has 2 N–H and O–H groups in total. The van der Waals surface area contributed by atoms with Gasteiger partial charge in [-0.15, -0.1) is 0 Å². The van der Waals surface area contributed by atoms with E-state index >= 15 is 0 Å². The number of benzene rings is 2. The van der Waals surface area contributed by atoms with E-state index in [-0.39, 0.29) is 18.1 Å². The van der Waals surface area contributed by atoms with Gasteiger partial charge in [-0.05, 0) is 85.4 Å². The molecule has 2 saturated carbocycles. The number of aryl methyl sites for hydroxylation is 1. The molecule has 0 saturated heterocycles. The Hall–Kier alpha value is -2.77. The second-order valence-electron chi connectivity index (χ2n) is 10.1. The van der Waals surface area contributed by atoms with Crippen LogP contribution >= 0.6 is 0 Å². The van der Waals surface area contributed by atoms with E-state index in [1.54, 1.807) is 13.0 Å². The molecular formula is C30H33F4NO2. The Labute approximate surface area is 215 Å². The highest BCUT2D eigenvalue weighted by molar-refractivity contribution is 5.59. The first-order chi connectivity index (χ1) is 17.7. The topological polar surface area (TPSA) is 53.4 Å². The maximum atomic E-state index is 13.1. The first kappa shape index (κ1) is 27.3. The van der Waals surface area contributed by atoms with Crippen LogP contribution in [0, 0.1) is 18.7 Å². The maximum Gasteiger partial charge on any atom is 0.396 e. The third-order valence-electron chi connectivity index (χ3n) is 7.62. The summed E-state index contributed by atoms with van der Waals surface area (Å²) in [6.07, 6.45) is 0.750. The number of aromatic nitrogens is 1. The molecule has 2 aliphatic rings. The largest absolute Gasteiger partial charge is 0.396 e. The van der Waals surface area contributed by atoms with Crippen molar-refractivity contribution in [2.24, 2.45) is 5.92 Å². The molecule has 7 heteroatoms. The van der Waals surface area contributed by atoms with Crippen molar-refractivity contribution in [3.05, 3.63) is 88.9 Å². The fraction of sp³-hybridized carbons (Fsp3) is 0.433. The number of nitrogens with zero attached hydrogens (tertiary/aromatic N) is 1. The predicted molar refractivity (Wildman–Crippen MR) is 136 cm³/mol. The summed E-state index contributed by atoms with van der Waals surface area (Å²) in [5, 5.41) is 18.6. The molecule has 0 spiro atoms. The van der Waals surface area contributed by atoms with Crippen molar-refractivity contribution in [2.75, 3.05) is 6.61 Å². The summed E-state index contributed by atoms with van der Waals surface area (Å²) in [7, 11) is 0. The Morgan fingerprint density at radius 2 is 1.62 bits per heavy atom. The van der Waals surface area contributed by atoms with Gasteiger partial charge in [-0.25, -0.2) is 9.37 Å². The normalized spacial score (nSPS) is 17.7. The molecule has 3 nitrogen and oxygen atoms in total. The zero-order valence-corrected chi connectivity index (χ0v) is 20.9. The van der Waals surface area contributed by atoms with Gasteiger partial charge < -0.3 is 10.2 Å². The average Bonchev–Trinajstić information content (AvgIpc) is 2.82.